The second-order valence-electron chi connectivity index (χ2n) is 5.24. The zero-order valence-corrected chi connectivity index (χ0v) is 12.8. The molecule has 2 rings (SSSR count). The van der Waals surface area contributed by atoms with Gasteiger partial charge in [-0.2, -0.15) is 13.2 Å². The van der Waals surface area contributed by atoms with Crippen molar-refractivity contribution < 1.29 is 22.4 Å². The standard InChI is InChI=1S/C18H15F4NO/c1-12(14-3-2-4-15(11-14)18(20,21)22)23-17(24)10-7-13-5-8-16(19)9-6-13/h2-12H,1H3,(H,23,24)/b10-7+. The van der Waals surface area contributed by atoms with Crippen molar-refractivity contribution in [1.29, 1.82) is 0 Å². The van der Waals surface area contributed by atoms with Gasteiger partial charge in [-0.3, -0.25) is 4.79 Å². The second-order valence-corrected chi connectivity index (χ2v) is 5.24. The number of halogens is 4. The highest BCUT2D eigenvalue weighted by Crippen LogP contribution is 2.30. The maximum atomic E-state index is 12.8. The van der Waals surface area contributed by atoms with Gasteiger partial charge in [0.1, 0.15) is 5.82 Å². The van der Waals surface area contributed by atoms with E-state index in [9.17, 15) is 22.4 Å². The lowest BCUT2D eigenvalue weighted by atomic mass is 10.0. The zero-order valence-electron chi connectivity index (χ0n) is 12.8. The van der Waals surface area contributed by atoms with Crippen molar-refractivity contribution in [3.63, 3.8) is 0 Å². The van der Waals surface area contributed by atoms with Gasteiger partial charge in [0.05, 0.1) is 11.6 Å². The molecule has 0 saturated carbocycles. The molecule has 2 nitrogen and oxygen atoms in total. The molecule has 0 fully saturated rings. The highest BCUT2D eigenvalue weighted by Gasteiger charge is 2.30. The molecule has 1 N–H and O–H groups in total. The molecule has 2 aromatic carbocycles. The van der Waals surface area contributed by atoms with Crippen LogP contribution >= 0.6 is 0 Å². The number of hydrogen-bond donors (Lipinski definition) is 1. The van der Waals surface area contributed by atoms with Crippen LogP contribution < -0.4 is 5.32 Å². The molecule has 0 aromatic heterocycles. The van der Waals surface area contributed by atoms with Gasteiger partial charge in [0.15, 0.2) is 0 Å². The highest BCUT2D eigenvalue weighted by atomic mass is 19.4. The van der Waals surface area contributed by atoms with Gasteiger partial charge in [-0.15, -0.1) is 0 Å². The van der Waals surface area contributed by atoms with Crippen LogP contribution in [0.5, 0.6) is 0 Å². The Labute approximate surface area is 136 Å². The van der Waals surface area contributed by atoms with Gasteiger partial charge in [0.2, 0.25) is 5.91 Å². The van der Waals surface area contributed by atoms with Gasteiger partial charge in [-0.05, 0) is 48.4 Å². The Balaban J connectivity index is 2.02. The number of alkyl halides is 3. The summed E-state index contributed by atoms with van der Waals surface area (Å²) in [6.07, 6.45) is -1.69. The van der Waals surface area contributed by atoms with E-state index in [4.69, 9.17) is 0 Å². The number of rotatable bonds is 4. The van der Waals surface area contributed by atoms with Crippen LogP contribution in [-0.4, -0.2) is 5.91 Å². The van der Waals surface area contributed by atoms with E-state index in [-0.39, 0.29) is 5.82 Å². The van der Waals surface area contributed by atoms with Gasteiger partial charge < -0.3 is 5.32 Å². The van der Waals surface area contributed by atoms with Crippen molar-refractivity contribution >= 4 is 12.0 Å². The number of carbonyl (C=O) groups is 1. The summed E-state index contributed by atoms with van der Waals surface area (Å²) in [5, 5.41) is 2.59. The van der Waals surface area contributed by atoms with Gasteiger partial charge in [0, 0.05) is 6.08 Å². The second kappa shape index (κ2) is 7.29. The fourth-order valence-corrected chi connectivity index (χ4v) is 2.07. The predicted octanol–water partition coefficient (Wildman–Crippen LogP) is 4.74. The van der Waals surface area contributed by atoms with E-state index in [1.807, 2.05) is 0 Å². The van der Waals surface area contributed by atoms with Crippen molar-refractivity contribution in [1.82, 2.24) is 5.32 Å². The average Bonchev–Trinajstić information content (AvgIpc) is 2.53. The van der Waals surface area contributed by atoms with E-state index in [0.29, 0.717) is 11.1 Å². The van der Waals surface area contributed by atoms with Crippen LogP contribution in [0, 0.1) is 5.82 Å². The molecule has 24 heavy (non-hydrogen) atoms. The third-order valence-electron chi connectivity index (χ3n) is 3.37. The van der Waals surface area contributed by atoms with Crippen molar-refractivity contribution in [2.45, 2.75) is 19.1 Å². The minimum absolute atomic E-state index is 0.355. The van der Waals surface area contributed by atoms with Crippen LogP contribution in [0.2, 0.25) is 0 Å². The fourth-order valence-electron chi connectivity index (χ4n) is 2.07. The van der Waals surface area contributed by atoms with E-state index < -0.39 is 23.7 Å². The molecule has 0 saturated heterocycles. The van der Waals surface area contributed by atoms with Crippen LogP contribution in [0.15, 0.2) is 54.6 Å². The maximum absolute atomic E-state index is 12.8. The third-order valence-corrected chi connectivity index (χ3v) is 3.37. The maximum Gasteiger partial charge on any atom is 0.416 e. The average molecular weight is 337 g/mol. The highest BCUT2D eigenvalue weighted by molar-refractivity contribution is 5.91. The van der Waals surface area contributed by atoms with Gasteiger partial charge >= 0.3 is 6.18 Å². The zero-order chi connectivity index (χ0) is 17.7. The molecular weight excluding hydrogens is 322 g/mol. The summed E-state index contributed by atoms with van der Waals surface area (Å²) in [6.45, 7) is 1.60. The summed E-state index contributed by atoms with van der Waals surface area (Å²) in [5.41, 5.74) is 0.231. The minimum Gasteiger partial charge on any atom is -0.346 e. The first-order chi connectivity index (χ1) is 11.3. The van der Waals surface area contributed by atoms with E-state index in [0.717, 1.165) is 12.1 Å². The Morgan fingerprint density at radius 2 is 1.79 bits per heavy atom. The summed E-state index contributed by atoms with van der Waals surface area (Å²) in [7, 11) is 0. The normalized spacial score (nSPS) is 13.0. The van der Waals surface area contributed by atoms with Gasteiger partial charge in [-0.25, -0.2) is 4.39 Å². The molecule has 1 amide bonds. The van der Waals surface area contributed by atoms with Crippen LogP contribution in [0.4, 0.5) is 17.6 Å². The molecule has 2 aromatic rings. The summed E-state index contributed by atoms with van der Waals surface area (Å²) in [5.74, 6) is -0.834. The van der Waals surface area contributed by atoms with E-state index >= 15 is 0 Å². The van der Waals surface area contributed by atoms with Crippen molar-refractivity contribution in [2.24, 2.45) is 0 Å². The van der Waals surface area contributed by atoms with E-state index in [1.165, 1.54) is 48.6 Å². The number of nitrogens with one attached hydrogen (secondary N) is 1. The van der Waals surface area contributed by atoms with Crippen molar-refractivity contribution in [3.05, 3.63) is 77.1 Å². The fraction of sp³-hybridized carbons (Fsp3) is 0.167. The monoisotopic (exact) mass is 337 g/mol. The molecule has 0 aliphatic heterocycles. The molecular formula is C18H15F4NO. The van der Waals surface area contributed by atoms with Crippen LogP contribution in [-0.2, 0) is 11.0 Å². The Kier molecular flexibility index (Phi) is 5.39. The lowest BCUT2D eigenvalue weighted by Crippen LogP contribution is -2.24. The van der Waals surface area contributed by atoms with Gasteiger partial charge in [-0.1, -0.05) is 24.3 Å². The summed E-state index contributed by atoms with van der Waals surface area (Å²) in [6, 6.07) is 9.77. The molecule has 1 unspecified atom stereocenters. The minimum atomic E-state index is -4.43. The Bertz CT molecular complexity index is 735. The molecule has 0 spiro atoms. The molecule has 0 bridgehead atoms. The molecule has 0 aliphatic rings. The predicted molar refractivity (Wildman–Crippen MR) is 83.4 cm³/mol. The summed E-state index contributed by atoms with van der Waals surface area (Å²) in [4.78, 5) is 11.9. The summed E-state index contributed by atoms with van der Waals surface area (Å²) >= 11 is 0. The first-order valence-corrected chi connectivity index (χ1v) is 7.17. The van der Waals surface area contributed by atoms with E-state index in [1.54, 1.807) is 6.92 Å². The third kappa shape index (κ3) is 4.94. The molecule has 0 aliphatic carbocycles. The lowest BCUT2D eigenvalue weighted by molar-refractivity contribution is -0.137. The topological polar surface area (TPSA) is 29.1 Å². The van der Waals surface area contributed by atoms with Crippen LogP contribution in [0.1, 0.15) is 29.7 Å². The quantitative estimate of drug-likeness (QED) is 0.634. The number of carbonyl (C=O) groups excluding carboxylic acids is 1. The number of amides is 1. The van der Waals surface area contributed by atoms with Crippen LogP contribution in [0.25, 0.3) is 6.08 Å². The van der Waals surface area contributed by atoms with E-state index in [2.05, 4.69) is 5.32 Å². The molecule has 126 valence electrons. The molecule has 1 atom stereocenters. The molecule has 6 heteroatoms. The molecule has 0 heterocycles. The number of benzene rings is 2. The van der Waals surface area contributed by atoms with Crippen LogP contribution in [0.3, 0.4) is 0 Å². The smallest absolute Gasteiger partial charge is 0.346 e. The largest absolute Gasteiger partial charge is 0.416 e. The van der Waals surface area contributed by atoms with Crippen molar-refractivity contribution in [3.8, 4) is 0 Å². The van der Waals surface area contributed by atoms with Crippen molar-refractivity contribution in [2.75, 3.05) is 0 Å². The Morgan fingerprint density at radius 3 is 2.42 bits per heavy atom. The SMILES string of the molecule is CC(NC(=O)/C=C/c1ccc(F)cc1)c1cccc(C(F)(F)F)c1. The first-order valence-electron chi connectivity index (χ1n) is 7.17. The Morgan fingerprint density at radius 1 is 1.12 bits per heavy atom. The Hall–Kier alpha value is -2.63. The lowest BCUT2D eigenvalue weighted by Gasteiger charge is -2.15. The van der Waals surface area contributed by atoms with Gasteiger partial charge in [0.25, 0.3) is 0 Å². The summed E-state index contributed by atoms with van der Waals surface area (Å²) < 4.78 is 50.9. The molecule has 0 radical (unpaired) electrons. The number of hydrogen-bond acceptors (Lipinski definition) is 1. The first kappa shape index (κ1) is 17.7.